The van der Waals surface area contributed by atoms with Gasteiger partial charge in [-0.3, -0.25) is 0 Å². The summed E-state index contributed by atoms with van der Waals surface area (Å²) < 4.78 is 39.4. The molecule has 1 aromatic rings. The maximum Gasteiger partial charge on any atom is 0.387 e. The second-order valence-electron chi connectivity index (χ2n) is 4.00. The van der Waals surface area contributed by atoms with Gasteiger partial charge in [0.25, 0.3) is 0 Å². The summed E-state index contributed by atoms with van der Waals surface area (Å²) in [5, 5.41) is 3.11. The molecule has 0 aromatic heterocycles. The molecule has 1 aromatic carbocycles. The van der Waals surface area contributed by atoms with Crippen LogP contribution in [0.2, 0.25) is 0 Å². The third kappa shape index (κ3) is 5.00. The molecule has 0 bridgehead atoms. The van der Waals surface area contributed by atoms with Gasteiger partial charge in [0.1, 0.15) is 0 Å². The zero-order chi connectivity index (χ0) is 14.3. The quantitative estimate of drug-likeness (QED) is 0.791. The van der Waals surface area contributed by atoms with E-state index in [9.17, 15) is 8.78 Å². The van der Waals surface area contributed by atoms with Crippen molar-refractivity contribution in [1.29, 1.82) is 0 Å². The predicted molar refractivity (Wildman–Crippen MR) is 67.8 cm³/mol. The molecule has 108 valence electrons. The Hall–Kier alpha value is -1.40. The van der Waals surface area contributed by atoms with Crippen LogP contribution in [0.25, 0.3) is 0 Å². The van der Waals surface area contributed by atoms with Crippen LogP contribution in [-0.4, -0.2) is 33.5 Å². The molecular weight excluding hydrogens is 256 g/mol. The number of ether oxygens (including phenoxy) is 3. The Kier molecular flexibility index (Phi) is 6.52. The molecule has 0 spiro atoms. The van der Waals surface area contributed by atoms with Gasteiger partial charge in [0.2, 0.25) is 0 Å². The lowest BCUT2D eigenvalue weighted by molar-refractivity contribution is -0.0519. The van der Waals surface area contributed by atoms with Crippen molar-refractivity contribution in [3.63, 3.8) is 0 Å². The Morgan fingerprint density at radius 2 is 2.00 bits per heavy atom. The number of nitrogens with one attached hydrogen (secondary N) is 1. The van der Waals surface area contributed by atoms with E-state index >= 15 is 0 Å². The molecule has 0 saturated carbocycles. The second-order valence-corrected chi connectivity index (χ2v) is 4.00. The van der Waals surface area contributed by atoms with E-state index in [1.54, 1.807) is 25.3 Å². The molecule has 0 aliphatic carbocycles. The Labute approximate surface area is 111 Å². The molecule has 1 N–H and O–H groups in total. The largest absolute Gasteiger partial charge is 0.493 e. The van der Waals surface area contributed by atoms with Crippen LogP contribution in [0.5, 0.6) is 11.5 Å². The van der Waals surface area contributed by atoms with Gasteiger partial charge in [0.05, 0.1) is 13.2 Å². The summed E-state index contributed by atoms with van der Waals surface area (Å²) in [7, 11) is 3.03. The van der Waals surface area contributed by atoms with Crippen molar-refractivity contribution in [2.75, 3.05) is 20.8 Å². The molecule has 1 unspecified atom stereocenters. The SMILES string of the molecule is COc1cccc(CNCC(C)OC)c1OC(F)F. The van der Waals surface area contributed by atoms with Gasteiger partial charge in [-0.2, -0.15) is 8.78 Å². The molecule has 0 heterocycles. The fraction of sp³-hybridized carbons (Fsp3) is 0.538. The fourth-order valence-corrected chi connectivity index (χ4v) is 1.58. The van der Waals surface area contributed by atoms with Crippen LogP contribution in [0.1, 0.15) is 12.5 Å². The first-order chi connectivity index (χ1) is 9.08. The van der Waals surface area contributed by atoms with E-state index < -0.39 is 6.61 Å². The van der Waals surface area contributed by atoms with Gasteiger partial charge < -0.3 is 19.5 Å². The molecule has 0 saturated heterocycles. The molecule has 1 rings (SSSR count). The van der Waals surface area contributed by atoms with Crippen molar-refractivity contribution in [2.24, 2.45) is 0 Å². The molecule has 0 fully saturated rings. The molecule has 19 heavy (non-hydrogen) atoms. The number of hydrogen-bond donors (Lipinski definition) is 1. The van der Waals surface area contributed by atoms with Crippen molar-refractivity contribution in [3.05, 3.63) is 23.8 Å². The maximum absolute atomic E-state index is 12.4. The van der Waals surface area contributed by atoms with Gasteiger partial charge in [-0.25, -0.2) is 0 Å². The highest BCUT2D eigenvalue weighted by Gasteiger charge is 2.15. The van der Waals surface area contributed by atoms with Crippen LogP contribution >= 0.6 is 0 Å². The van der Waals surface area contributed by atoms with Crippen LogP contribution < -0.4 is 14.8 Å². The molecule has 0 aliphatic heterocycles. The van der Waals surface area contributed by atoms with Crippen molar-refractivity contribution < 1.29 is 23.0 Å². The van der Waals surface area contributed by atoms with Gasteiger partial charge in [-0.1, -0.05) is 12.1 Å². The normalized spacial score (nSPS) is 12.5. The number of rotatable bonds is 8. The van der Waals surface area contributed by atoms with E-state index in [1.807, 2.05) is 6.92 Å². The number of halogens is 2. The summed E-state index contributed by atoms with van der Waals surface area (Å²) in [6.07, 6.45) is 0.0464. The van der Waals surface area contributed by atoms with Gasteiger partial charge >= 0.3 is 6.61 Å². The minimum absolute atomic E-state index is 0.0464. The summed E-state index contributed by atoms with van der Waals surface area (Å²) >= 11 is 0. The third-order valence-corrected chi connectivity index (χ3v) is 2.64. The molecule has 0 radical (unpaired) electrons. The second kappa shape index (κ2) is 7.91. The van der Waals surface area contributed by atoms with E-state index in [0.29, 0.717) is 24.4 Å². The highest BCUT2D eigenvalue weighted by molar-refractivity contribution is 5.46. The van der Waals surface area contributed by atoms with Crippen molar-refractivity contribution in [3.8, 4) is 11.5 Å². The third-order valence-electron chi connectivity index (χ3n) is 2.64. The van der Waals surface area contributed by atoms with Crippen LogP contribution in [0.3, 0.4) is 0 Å². The number of benzene rings is 1. The van der Waals surface area contributed by atoms with Crippen molar-refractivity contribution in [1.82, 2.24) is 5.32 Å². The van der Waals surface area contributed by atoms with Gasteiger partial charge in [-0.15, -0.1) is 0 Å². The van der Waals surface area contributed by atoms with E-state index in [-0.39, 0.29) is 11.9 Å². The van der Waals surface area contributed by atoms with Crippen LogP contribution in [0.4, 0.5) is 8.78 Å². The average molecular weight is 275 g/mol. The zero-order valence-electron chi connectivity index (χ0n) is 11.3. The standard InChI is InChI=1S/C13H19F2NO3/c1-9(17-2)7-16-8-10-5-4-6-11(18-3)12(10)19-13(14)15/h4-6,9,13,16H,7-8H2,1-3H3. The molecule has 1 atom stereocenters. The van der Waals surface area contributed by atoms with E-state index in [1.165, 1.54) is 7.11 Å². The lowest BCUT2D eigenvalue weighted by Crippen LogP contribution is -2.25. The summed E-state index contributed by atoms with van der Waals surface area (Å²) in [5.74, 6) is 0.358. The summed E-state index contributed by atoms with van der Waals surface area (Å²) in [5.41, 5.74) is 0.614. The smallest absolute Gasteiger partial charge is 0.387 e. The number of para-hydroxylation sites is 1. The van der Waals surface area contributed by atoms with Crippen molar-refractivity contribution >= 4 is 0 Å². The van der Waals surface area contributed by atoms with E-state index in [0.717, 1.165) is 0 Å². The first kappa shape index (κ1) is 15.7. The minimum Gasteiger partial charge on any atom is -0.493 e. The summed E-state index contributed by atoms with van der Waals surface area (Å²) in [4.78, 5) is 0. The predicted octanol–water partition coefficient (Wildman–Crippen LogP) is 2.42. The molecular formula is C13H19F2NO3. The Balaban J connectivity index is 2.75. The lowest BCUT2D eigenvalue weighted by atomic mass is 10.2. The van der Waals surface area contributed by atoms with E-state index in [4.69, 9.17) is 9.47 Å². The summed E-state index contributed by atoms with van der Waals surface area (Å²) in [6, 6.07) is 5.03. The number of hydrogen-bond acceptors (Lipinski definition) is 4. The van der Waals surface area contributed by atoms with Crippen LogP contribution in [0.15, 0.2) is 18.2 Å². The highest BCUT2D eigenvalue weighted by atomic mass is 19.3. The number of methoxy groups -OCH3 is 2. The van der Waals surface area contributed by atoms with Crippen LogP contribution in [0, 0.1) is 0 Å². The molecule has 4 nitrogen and oxygen atoms in total. The Morgan fingerprint density at radius 3 is 2.58 bits per heavy atom. The first-order valence-corrected chi connectivity index (χ1v) is 5.92. The maximum atomic E-state index is 12.4. The Morgan fingerprint density at radius 1 is 1.26 bits per heavy atom. The van der Waals surface area contributed by atoms with Gasteiger partial charge in [0.15, 0.2) is 11.5 Å². The van der Waals surface area contributed by atoms with Crippen molar-refractivity contribution in [2.45, 2.75) is 26.2 Å². The molecule has 6 heteroatoms. The topological polar surface area (TPSA) is 39.7 Å². The first-order valence-electron chi connectivity index (χ1n) is 5.92. The minimum atomic E-state index is -2.88. The van der Waals surface area contributed by atoms with E-state index in [2.05, 4.69) is 10.1 Å². The summed E-state index contributed by atoms with van der Waals surface area (Å²) in [6.45, 7) is 0.0390. The lowest BCUT2D eigenvalue weighted by Gasteiger charge is -2.16. The molecule has 0 aliphatic rings. The Bertz CT molecular complexity index is 388. The van der Waals surface area contributed by atoms with Gasteiger partial charge in [-0.05, 0) is 13.0 Å². The highest BCUT2D eigenvalue weighted by Crippen LogP contribution is 2.32. The van der Waals surface area contributed by atoms with Crippen LogP contribution in [-0.2, 0) is 11.3 Å². The fourth-order valence-electron chi connectivity index (χ4n) is 1.58. The number of alkyl halides is 2. The molecule has 0 amide bonds. The average Bonchev–Trinajstić information content (AvgIpc) is 2.39. The zero-order valence-corrected chi connectivity index (χ0v) is 11.3. The monoisotopic (exact) mass is 275 g/mol. The van der Waals surface area contributed by atoms with Gasteiger partial charge in [0, 0.05) is 25.8 Å².